The molecule has 2 aliphatic rings. The first-order chi connectivity index (χ1) is 11.1. The average molecular weight is 319 g/mol. The monoisotopic (exact) mass is 319 g/mol. The quantitative estimate of drug-likeness (QED) is 0.657. The highest BCUT2D eigenvalue weighted by Crippen LogP contribution is 2.31. The number of fused-ring (bicyclic) bond motifs is 1. The van der Waals surface area contributed by atoms with E-state index in [1.54, 1.807) is 6.20 Å². The van der Waals surface area contributed by atoms with Crippen molar-refractivity contribution >= 4 is 11.9 Å². The first kappa shape index (κ1) is 15.8. The van der Waals surface area contributed by atoms with Gasteiger partial charge in [0.25, 0.3) is 5.91 Å². The molecule has 1 aromatic heterocycles. The number of nitrogens with one attached hydrogen (secondary N) is 3. The summed E-state index contributed by atoms with van der Waals surface area (Å²) in [5.41, 5.74) is 7.23. The standard InChI is InChI=1S/C15H21N5O3/c1-8-6-17-12(7-16-8)14(21)18-9-3-4-11-10(5-9)13(20-19-11)15(22)23-2/h6-7,9-11,13,19-20H,3-5H2,1-2H3,(H,18,21). The van der Waals surface area contributed by atoms with Gasteiger partial charge in [-0.1, -0.05) is 0 Å². The molecule has 0 radical (unpaired) electrons. The summed E-state index contributed by atoms with van der Waals surface area (Å²) in [6, 6.07) is -0.129. The minimum absolute atomic E-state index is 0.0145. The Hall–Kier alpha value is -2.06. The van der Waals surface area contributed by atoms with Crippen molar-refractivity contribution in [2.24, 2.45) is 5.92 Å². The van der Waals surface area contributed by atoms with E-state index in [1.807, 2.05) is 6.92 Å². The van der Waals surface area contributed by atoms with E-state index < -0.39 is 0 Å². The van der Waals surface area contributed by atoms with Gasteiger partial charge in [0.2, 0.25) is 0 Å². The molecule has 2 fully saturated rings. The number of rotatable bonds is 3. The lowest BCUT2D eigenvalue weighted by Crippen LogP contribution is -2.46. The van der Waals surface area contributed by atoms with Gasteiger partial charge in [0.05, 0.1) is 19.0 Å². The molecule has 1 aliphatic heterocycles. The Kier molecular flexibility index (Phi) is 4.53. The summed E-state index contributed by atoms with van der Waals surface area (Å²) in [6.07, 6.45) is 5.51. The van der Waals surface area contributed by atoms with Gasteiger partial charge in [-0.3, -0.25) is 20.0 Å². The van der Waals surface area contributed by atoms with E-state index in [-0.39, 0.29) is 35.9 Å². The zero-order valence-corrected chi connectivity index (χ0v) is 13.2. The molecule has 8 heteroatoms. The predicted octanol–water partition coefficient (Wildman–Crippen LogP) is -0.298. The van der Waals surface area contributed by atoms with Crippen LogP contribution in [0, 0.1) is 12.8 Å². The van der Waals surface area contributed by atoms with Gasteiger partial charge < -0.3 is 10.1 Å². The van der Waals surface area contributed by atoms with Crippen LogP contribution in [0.2, 0.25) is 0 Å². The molecule has 1 amide bonds. The van der Waals surface area contributed by atoms with Gasteiger partial charge in [0.1, 0.15) is 11.7 Å². The van der Waals surface area contributed by atoms with E-state index in [4.69, 9.17) is 4.74 Å². The normalized spacial score (nSPS) is 29.7. The smallest absolute Gasteiger partial charge is 0.324 e. The minimum Gasteiger partial charge on any atom is -0.468 e. The molecule has 8 nitrogen and oxygen atoms in total. The maximum atomic E-state index is 12.3. The van der Waals surface area contributed by atoms with Gasteiger partial charge in [0, 0.05) is 24.2 Å². The maximum absolute atomic E-state index is 12.3. The predicted molar refractivity (Wildman–Crippen MR) is 81.2 cm³/mol. The lowest BCUT2D eigenvalue weighted by atomic mass is 9.79. The van der Waals surface area contributed by atoms with Crippen molar-refractivity contribution in [1.29, 1.82) is 0 Å². The molecule has 1 saturated heterocycles. The first-order valence-corrected chi connectivity index (χ1v) is 7.77. The Labute approximate surface area is 134 Å². The number of esters is 1. The lowest BCUT2D eigenvalue weighted by Gasteiger charge is -2.32. The van der Waals surface area contributed by atoms with Crippen LogP contribution in [0.4, 0.5) is 0 Å². The van der Waals surface area contributed by atoms with E-state index in [0.29, 0.717) is 5.69 Å². The molecule has 1 aliphatic carbocycles. The molecule has 0 aromatic carbocycles. The van der Waals surface area contributed by atoms with Crippen LogP contribution in [0.15, 0.2) is 12.4 Å². The number of nitrogens with zero attached hydrogens (tertiary/aromatic N) is 2. The molecule has 3 rings (SSSR count). The molecule has 3 N–H and O–H groups in total. The number of amides is 1. The second-order valence-electron chi connectivity index (χ2n) is 6.09. The average Bonchev–Trinajstić information content (AvgIpc) is 2.98. The zero-order valence-electron chi connectivity index (χ0n) is 13.2. The van der Waals surface area contributed by atoms with Crippen LogP contribution in [0.25, 0.3) is 0 Å². The number of hydrogen-bond acceptors (Lipinski definition) is 7. The van der Waals surface area contributed by atoms with Crippen LogP contribution < -0.4 is 16.2 Å². The highest BCUT2D eigenvalue weighted by molar-refractivity contribution is 5.92. The summed E-state index contributed by atoms with van der Waals surface area (Å²) < 4.78 is 4.83. The van der Waals surface area contributed by atoms with Crippen molar-refractivity contribution in [2.75, 3.05) is 7.11 Å². The maximum Gasteiger partial charge on any atom is 0.324 e. The molecule has 1 saturated carbocycles. The number of aromatic nitrogens is 2. The molecule has 4 unspecified atom stereocenters. The third kappa shape index (κ3) is 3.32. The van der Waals surface area contributed by atoms with Crippen LogP contribution in [0.3, 0.4) is 0 Å². The van der Waals surface area contributed by atoms with Crippen LogP contribution >= 0.6 is 0 Å². The van der Waals surface area contributed by atoms with E-state index in [9.17, 15) is 9.59 Å². The van der Waals surface area contributed by atoms with Crippen molar-refractivity contribution in [3.63, 3.8) is 0 Å². The number of carbonyl (C=O) groups is 2. The highest BCUT2D eigenvalue weighted by Gasteiger charge is 2.44. The fourth-order valence-electron chi connectivity index (χ4n) is 3.32. The second-order valence-corrected chi connectivity index (χ2v) is 6.09. The Morgan fingerprint density at radius 1 is 1.26 bits per heavy atom. The van der Waals surface area contributed by atoms with Gasteiger partial charge in [-0.2, -0.15) is 0 Å². The molecule has 0 spiro atoms. The van der Waals surface area contributed by atoms with Gasteiger partial charge in [-0.05, 0) is 26.2 Å². The molecular weight excluding hydrogens is 298 g/mol. The second kappa shape index (κ2) is 6.59. The Morgan fingerprint density at radius 2 is 2.09 bits per heavy atom. The van der Waals surface area contributed by atoms with E-state index in [1.165, 1.54) is 13.3 Å². The van der Waals surface area contributed by atoms with Crippen LogP contribution in [0.5, 0.6) is 0 Å². The largest absolute Gasteiger partial charge is 0.468 e. The summed E-state index contributed by atoms with van der Waals surface area (Å²) in [6.45, 7) is 1.82. The molecule has 1 aromatic rings. The number of hydrazine groups is 1. The minimum atomic E-state index is -0.371. The van der Waals surface area contributed by atoms with Crippen LogP contribution in [-0.2, 0) is 9.53 Å². The third-order valence-corrected chi connectivity index (χ3v) is 4.56. The topological polar surface area (TPSA) is 105 Å². The summed E-state index contributed by atoms with van der Waals surface area (Å²) >= 11 is 0. The summed E-state index contributed by atoms with van der Waals surface area (Å²) in [4.78, 5) is 32.3. The zero-order chi connectivity index (χ0) is 16.4. The fourth-order valence-corrected chi connectivity index (χ4v) is 3.32. The van der Waals surface area contributed by atoms with Crippen molar-refractivity contribution in [3.8, 4) is 0 Å². The van der Waals surface area contributed by atoms with Crippen molar-refractivity contribution in [1.82, 2.24) is 26.1 Å². The number of aryl methyl sites for hydroxylation is 1. The summed E-state index contributed by atoms with van der Waals surface area (Å²) in [7, 11) is 1.38. The fraction of sp³-hybridized carbons (Fsp3) is 0.600. The van der Waals surface area contributed by atoms with Gasteiger partial charge in [0.15, 0.2) is 0 Å². The molecule has 0 bridgehead atoms. The Bertz CT molecular complexity index is 591. The number of hydrogen-bond donors (Lipinski definition) is 3. The molecular formula is C15H21N5O3. The van der Waals surface area contributed by atoms with Gasteiger partial charge in [-0.25, -0.2) is 10.4 Å². The molecule has 23 heavy (non-hydrogen) atoms. The van der Waals surface area contributed by atoms with E-state index >= 15 is 0 Å². The molecule has 124 valence electrons. The highest BCUT2D eigenvalue weighted by atomic mass is 16.5. The third-order valence-electron chi connectivity index (χ3n) is 4.56. The van der Waals surface area contributed by atoms with E-state index in [2.05, 4.69) is 26.1 Å². The lowest BCUT2D eigenvalue weighted by molar-refractivity contribution is -0.144. The van der Waals surface area contributed by atoms with Gasteiger partial charge >= 0.3 is 5.97 Å². The van der Waals surface area contributed by atoms with Crippen molar-refractivity contribution < 1.29 is 14.3 Å². The van der Waals surface area contributed by atoms with Gasteiger partial charge in [-0.15, -0.1) is 0 Å². The number of methoxy groups -OCH3 is 1. The Balaban J connectivity index is 1.62. The number of ether oxygens (including phenoxy) is 1. The SMILES string of the molecule is COC(=O)C1NNC2CCC(NC(=O)c3cnc(C)cn3)CC21. The summed E-state index contributed by atoms with van der Waals surface area (Å²) in [5, 5.41) is 3.00. The van der Waals surface area contributed by atoms with Crippen molar-refractivity contribution in [2.45, 2.75) is 44.3 Å². The van der Waals surface area contributed by atoms with Crippen molar-refractivity contribution in [3.05, 3.63) is 23.8 Å². The summed E-state index contributed by atoms with van der Waals surface area (Å²) in [5.74, 6) is -0.401. The molecule has 2 heterocycles. The molecule has 4 atom stereocenters. The van der Waals surface area contributed by atoms with Crippen LogP contribution in [-0.4, -0.2) is 47.1 Å². The van der Waals surface area contributed by atoms with Crippen LogP contribution in [0.1, 0.15) is 35.4 Å². The first-order valence-electron chi connectivity index (χ1n) is 7.77. The Morgan fingerprint density at radius 3 is 2.78 bits per heavy atom. The van der Waals surface area contributed by atoms with E-state index in [0.717, 1.165) is 25.0 Å². The number of carbonyl (C=O) groups excluding carboxylic acids is 2.